The lowest BCUT2D eigenvalue weighted by molar-refractivity contribution is 0.259. The van der Waals surface area contributed by atoms with Crippen LogP contribution in [0.5, 0.6) is 0 Å². The van der Waals surface area contributed by atoms with E-state index in [0.717, 1.165) is 17.9 Å². The van der Waals surface area contributed by atoms with Crippen molar-refractivity contribution in [2.45, 2.75) is 18.9 Å². The normalized spacial score (nSPS) is 25.6. The van der Waals surface area contributed by atoms with Crippen molar-refractivity contribution >= 4 is 12.0 Å². The van der Waals surface area contributed by atoms with E-state index >= 15 is 0 Å². The van der Waals surface area contributed by atoms with Gasteiger partial charge in [-0.1, -0.05) is 18.2 Å². The molecule has 0 bridgehead atoms. The number of hydrogen-bond donors (Lipinski definition) is 0. The van der Waals surface area contributed by atoms with Gasteiger partial charge in [0, 0.05) is 12.1 Å². The molecule has 1 aromatic rings. The Kier molecular flexibility index (Phi) is 2.47. The van der Waals surface area contributed by atoms with Crippen LogP contribution >= 0.6 is 0 Å². The van der Waals surface area contributed by atoms with E-state index in [9.17, 15) is 0 Å². The van der Waals surface area contributed by atoms with Gasteiger partial charge >= 0.3 is 0 Å². The minimum Gasteiger partial charge on any atom is -0.501 e. The molecule has 0 spiro atoms. The molecule has 3 nitrogen and oxygen atoms in total. The van der Waals surface area contributed by atoms with Crippen LogP contribution in [0.2, 0.25) is 0 Å². The summed E-state index contributed by atoms with van der Waals surface area (Å²) < 4.78 is 5.33. The Morgan fingerprint density at radius 3 is 2.72 bits per heavy atom. The summed E-state index contributed by atoms with van der Waals surface area (Å²) in [6.45, 7) is 2.14. The van der Waals surface area contributed by atoms with Crippen molar-refractivity contribution in [3.8, 4) is 0 Å². The average molecular weight is 240 g/mol. The lowest BCUT2D eigenvalue weighted by Gasteiger charge is -2.30. The van der Waals surface area contributed by atoms with Crippen LogP contribution in [0.3, 0.4) is 0 Å². The number of ether oxygens (including phenoxy) is 1. The molecule has 1 atom stereocenters. The molecule has 3 rings (SSSR count). The second-order valence-electron chi connectivity index (χ2n) is 4.79. The molecule has 92 valence electrons. The summed E-state index contributed by atoms with van der Waals surface area (Å²) in [5, 5.41) is 0. The van der Waals surface area contributed by atoms with Crippen molar-refractivity contribution in [1.29, 1.82) is 0 Å². The van der Waals surface area contributed by atoms with Crippen molar-refractivity contribution in [2.75, 3.05) is 12.0 Å². The smallest absolute Gasteiger partial charge is 0.107 e. The summed E-state index contributed by atoms with van der Waals surface area (Å²) in [6, 6.07) is 10.3. The van der Waals surface area contributed by atoms with Gasteiger partial charge in [0.2, 0.25) is 0 Å². The molecule has 0 saturated carbocycles. The molecule has 1 unspecified atom stereocenters. The van der Waals surface area contributed by atoms with Crippen LogP contribution in [0.1, 0.15) is 13.3 Å². The van der Waals surface area contributed by atoms with Crippen LogP contribution in [0.15, 0.2) is 58.9 Å². The number of fused-ring (bicyclic) bond motifs is 1. The SMILES string of the molecule is COC1=CC=C2N(c3ccccc3)C=NC2(C)C1. The molecule has 0 N–H and O–H groups in total. The van der Waals surface area contributed by atoms with Gasteiger partial charge in [-0.3, -0.25) is 4.99 Å². The van der Waals surface area contributed by atoms with E-state index in [1.807, 2.05) is 30.6 Å². The molecule has 0 amide bonds. The Hall–Kier alpha value is -2.03. The molecule has 3 heteroatoms. The Morgan fingerprint density at radius 1 is 1.22 bits per heavy atom. The number of para-hydroxylation sites is 1. The Labute approximate surface area is 107 Å². The van der Waals surface area contributed by atoms with Crippen LogP contribution in [0.25, 0.3) is 0 Å². The largest absolute Gasteiger partial charge is 0.501 e. The zero-order chi connectivity index (χ0) is 12.6. The van der Waals surface area contributed by atoms with Gasteiger partial charge in [-0.05, 0) is 31.2 Å². The number of nitrogens with zero attached hydrogens (tertiary/aromatic N) is 2. The van der Waals surface area contributed by atoms with Crippen molar-refractivity contribution in [3.63, 3.8) is 0 Å². The second kappa shape index (κ2) is 4.02. The van der Waals surface area contributed by atoms with Crippen LogP contribution in [0.4, 0.5) is 5.69 Å². The molecule has 1 aliphatic carbocycles. The molecule has 0 aromatic heterocycles. The minimum absolute atomic E-state index is 0.198. The number of benzene rings is 1. The highest BCUT2D eigenvalue weighted by Crippen LogP contribution is 2.40. The van der Waals surface area contributed by atoms with E-state index < -0.39 is 0 Å². The summed E-state index contributed by atoms with van der Waals surface area (Å²) >= 11 is 0. The third kappa shape index (κ3) is 1.63. The van der Waals surface area contributed by atoms with Crippen LogP contribution in [-0.2, 0) is 4.74 Å². The summed E-state index contributed by atoms with van der Waals surface area (Å²) in [7, 11) is 1.71. The number of anilines is 1. The van der Waals surface area contributed by atoms with Gasteiger partial charge in [-0.25, -0.2) is 0 Å². The van der Waals surface area contributed by atoms with Crippen molar-refractivity contribution in [1.82, 2.24) is 0 Å². The number of rotatable bonds is 2. The van der Waals surface area contributed by atoms with Gasteiger partial charge in [-0.2, -0.15) is 0 Å². The van der Waals surface area contributed by atoms with Crippen molar-refractivity contribution in [3.05, 3.63) is 53.9 Å². The van der Waals surface area contributed by atoms with Gasteiger partial charge in [-0.15, -0.1) is 0 Å². The maximum absolute atomic E-state index is 5.33. The molecular formula is C15H16N2O. The standard InChI is InChI=1S/C15H16N2O/c1-15-10-13(18-2)8-9-14(15)17(11-16-15)12-6-4-3-5-7-12/h3-9,11H,10H2,1-2H3. The number of allylic oxidation sites excluding steroid dienone is 2. The van der Waals surface area contributed by atoms with E-state index in [-0.39, 0.29) is 5.54 Å². The summed E-state index contributed by atoms with van der Waals surface area (Å²) in [5.74, 6) is 0.980. The molecule has 0 radical (unpaired) electrons. The fourth-order valence-corrected chi connectivity index (χ4v) is 2.47. The molecule has 1 aromatic carbocycles. The fraction of sp³-hybridized carbons (Fsp3) is 0.267. The first kappa shape index (κ1) is 11.1. The van der Waals surface area contributed by atoms with E-state index in [1.165, 1.54) is 5.70 Å². The number of hydrogen-bond acceptors (Lipinski definition) is 3. The highest BCUT2D eigenvalue weighted by molar-refractivity contribution is 5.88. The van der Waals surface area contributed by atoms with Crippen LogP contribution < -0.4 is 4.90 Å². The summed E-state index contributed by atoms with van der Waals surface area (Å²) in [6.07, 6.45) is 6.85. The maximum atomic E-state index is 5.33. The minimum atomic E-state index is -0.198. The van der Waals surface area contributed by atoms with Crippen LogP contribution in [-0.4, -0.2) is 19.0 Å². The quantitative estimate of drug-likeness (QED) is 0.793. The molecule has 0 saturated heterocycles. The first-order valence-electron chi connectivity index (χ1n) is 6.08. The third-order valence-electron chi connectivity index (χ3n) is 3.51. The monoisotopic (exact) mass is 240 g/mol. The Morgan fingerprint density at radius 2 is 2.00 bits per heavy atom. The van der Waals surface area contributed by atoms with Gasteiger partial charge in [0.05, 0.1) is 24.9 Å². The highest BCUT2D eigenvalue weighted by Gasteiger charge is 2.39. The Bertz CT molecular complexity index is 545. The molecular weight excluding hydrogens is 224 g/mol. The summed E-state index contributed by atoms with van der Waals surface area (Å²) in [5.41, 5.74) is 2.15. The molecule has 0 fully saturated rings. The zero-order valence-corrected chi connectivity index (χ0v) is 10.6. The van der Waals surface area contributed by atoms with Gasteiger partial charge in [0.25, 0.3) is 0 Å². The third-order valence-corrected chi connectivity index (χ3v) is 3.51. The van der Waals surface area contributed by atoms with E-state index in [0.29, 0.717) is 0 Å². The first-order valence-corrected chi connectivity index (χ1v) is 6.08. The predicted molar refractivity (Wildman–Crippen MR) is 73.6 cm³/mol. The predicted octanol–water partition coefficient (Wildman–Crippen LogP) is 3.11. The number of aliphatic imine (C=N–C) groups is 1. The van der Waals surface area contributed by atoms with Crippen LogP contribution in [0, 0.1) is 0 Å². The van der Waals surface area contributed by atoms with Crippen molar-refractivity contribution in [2.24, 2.45) is 4.99 Å². The Balaban J connectivity index is 2.00. The highest BCUT2D eigenvalue weighted by atomic mass is 16.5. The second-order valence-corrected chi connectivity index (χ2v) is 4.79. The van der Waals surface area contributed by atoms with E-state index in [2.05, 4.69) is 35.0 Å². The molecule has 18 heavy (non-hydrogen) atoms. The van der Waals surface area contributed by atoms with Crippen molar-refractivity contribution < 1.29 is 4.74 Å². The topological polar surface area (TPSA) is 24.8 Å². The first-order chi connectivity index (χ1) is 8.73. The number of methoxy groups -OCH3 is 1. The van der Waals surface area contributed by atoms with Gasteiger partial charge in [0.15, 0.2) is 0 Å². The molecule has 2 aliphatic rings. The molecule has 1 aliphatic heterocycles. The lowest BCUT2D eigenvalue weighted by atomic mass is 9.89. The average Bonchev–Trinajstić information content (AvgIpc) is 2.76. The fourth-order valence-electron chi connectivity index (χ4n) is 2.47. The lowest BCUT2D eigenvalue weighted by Crippen LogP contribution is -2.31. The zero-order valence-electron chi connectivity index (χ0n) is 10.6. The summed E-state index contributed by atoms with van der Waals surface area (Å²) in [4.78, 5) is 6.80. The van der Waals surface area contributed by atoms with Gasteiger partial charge in [0.1, 0.15) is 5.54 Å². The van der Waals surface area contributed by atoms with Gasteiger partial charge < -0.3 is 9.64 Å². The van der Waals surface area contributed by atoms with E-state index in [1.54, 1.807) is 7.11 Å². The van der Waals surface area contributed by atoms with E-state index in [4.69, 9.17) is 4.74 Å². The molecule has 1 heterocycles. The maximum Gasteiger partial charge on any atom is 0.107 e.